The van der Waals surface area contributed by atoms with Crippen molar-refractivity contribution in [3.05, 3.63) is 0 Å². The molecule has 1 aliphatic rings. The van der Waals surface area contributed by atoms with Crippen LogP contribution >= 0.6 is 0 Å². The first-order valence-electron chi connectivity index (χ1n) is 6.36. The first-order valence-corrected chi connectivity index (χ1v) is 6.36. The summed E-state index contributed by atoms with van der Waals surface area (Å²) in [5.41, 5.74) is -0.549. The van der Waals surface area contributed by atoms with Gasteiger partial charge >= 0.3 is 6.09 Å². The summed E-state index contributed by atoms with van der Waals surface area (Å²) in [4.78, 5) is 13.6. The molecule has 0 N–H and O–H groups in total. The Morgan fingerprint density at radius 1 is 1.28 bits per heavy atom. The normalized spacial score (nSPS) is 18.8. The molecule has 1 fully saturated rings. The smallest absolute Gasteiger partial charge is 0.410 e. The highest BCUT2D eigenvalue weighted by Crippen LogP contribution is 2.48. The van der Waals surface area contributed by atoms with Crippen LogP contribution in [0.25, 0.3) is 0 Å². The zero-order valence-corrected chi connectivity index (χ0v) is 12.3. The van der Waals surface area contributed by atoms with Crippen molar-refractivity contribution in [2.75, 3.05) is 13.1 Å². The molecule has 18 heavy (non-hydrogen) atoms. The summed E-state index contributed by atoms with van der Waals surface area (Å²) in [6.07, 6.45) is 0.204. The van der Waals surface area contributed by atoms with E-state index in [1.807, 2.05) is 20.8 Å². The van der Waals surface area contributed by atoms with Gasteiger partial charge in [0.15, 0.2) is 0 Å². The molecule has 0 saturated carbocycles. The fourth-order valence-electron chi connectivity index (χ4n) is 2.14. The van der Waals surface area contributed by atoms with Crippen LogP contribution in [0.5, 0.6) is 0 Å². The van der Waals surface area contributed by atoms with E-state index in [1.54, 1.807) is 4.90 Å². The maximum absolute atomic E-state index is 11.9. The number of carbonyl (C=O) groups is 1. The van der Waals surface area contributed by atoms with Crippen LogP contribution < -0.4 is 0 Å². The van der Waals surface area contributed by atoms with E-state index in [0.29, 0.717) is 19.5 Å². The van der Waals surface area contributed by atoms with E-state index in [4.69, 9.17) is 10.00 Å². The van der Waals surface area contributed by atoms with Gasteiger partial charge in [0.25, 0.3) is 0 Å². The second-order valence-corrected chi connectivity index (χ2v) is 7.20. The summed E-state index contributed by atoms with van der Waals surface area (Å²) in [6.45, 7) is 13.2. The molecule has 1 saturated heterocycles. The number of carbonyl (C=O) groups excluding carboxylic acids is 1. The standard InChI is InChI=1S/C14H24N2O2/c1-12(2,3)14(7-8-15)9-16(10-14)11(17)18-13(4,5)6/h7,9-10H2,1-6H3. The van der Waals surface area contributed by atoms with Crippen LogP contribution in [0, 0.1) is 22.2 Å². The fourth-order valence-corrected chi connectivity index (χ4v) is 2.14. The Morgan fingerprint density at radius 3 is 2.11 bits per heavy atom. The Balaban J connectivity index is 2.66. The predicted molar refractivity (Wildman–Crippen MR) is 69.9 cm³/mol. The van der Waals surface area contributed by atoms with E-state index >= 15 is 0 Å². The minimum Gasteiger partial charge on any atom is -0.444 e. The molecule has 0 unspecified atom stereocenters. The summed E-state index contributed by atoms with van der Waals surface area (Å²) in [5, 5.41) is 8.96. The zero-order valence-electron chi connectivity index (χ0n) is 12.3. The van der Waals surface area contributed by atoms with Gasteiger partial charge in [0, 0.05) is 24.9 Å². The Bertz CT molecular complexity index is 363. The molecule has 0 aliphatic carbocycles. The lowest BCUT2D eigenvalue weighted by atomic mass is 9.60. The molecule has 0 aromatic carbocycles. The molecule has 4 heteroatoms. The summed E-state index contributed by atoms with van der Waals surface area (Å²) in [6, 6.07) is 2.25. The molecule has 1 heterocycles. The summed E-state index contributed by atoms with van der Waals surface area (Å²) < 4.78 is 5.33. The number of likely N-dealkylation sites (tertiary alicyclic amines) is 1. The van der Waals surface area contributed by atoms with E-state index in [2.05, 4.69) is 26.8 Å². The number of amides is 1. The highest BCUT2D eigenvalue weighted by molar-refractivity contribution is 5.69. The third kappa shape index (κ3) is 2.95. The molecule has 1 rings (SSSR count). The van der Waals surface area contributed by atoms with Gasteiger partial charge in [-0.2, -0.15) is 5.26 Å². The molecule has 1 aliphatic heterocycles. The predicted octanol–water partition coefficient (Wildman–Crippen LogP) is 3.18. The number of hydrogen-bond donors (Lipinski definition) is 0. The number of rotatable bonds is 1. The van der Waals surface area contributed by atoms with Gasteiger partial charge in [0.2, 0.25) is 0 Å². The van der Waals surface area contributed by atoms with Gasteiger partial charge in [0.1, 0.15) is 5.60 Å². The minimum absolute atomic E-state index is 0.0151. The third-order valence-corrected chi connectivity index (χ3v) is 3.65. The number of ether oxygens (including phenoxy) is 1. The van der Waals surface area contributed by atoms with Crippen molar-refractivity contribution in [1.82, 2.24) is 4.90 Å². The maximum atomic E-state index is 11.9. The van der Waals surface area contributed by atoms with Crippen molar-refractivity contribution in [2.24, 2.45) is 10.8 Å². The van der Waals surface area contributed by atoms with Crippen molar-refractivity contribution in [1.29, 1.82) is 5.26 Å². The summed E-state index contributed by atoms with van der Waals surface area (Å²) in [7, 11) is 0. The van der Waals surface area contributed by atoms with Crippen molar-refractivity contribution in [2.45, 2.75) is 53.6 Å². The molecule has 102 valence electrons. The van der Waals surface area contributed by atoms with Crippen LogP contribution in [0.1, 0.15) is 48.0 Å². The van der Waals surface area contributed by atoms with Gasteiger partial charge < -0.3 is 9.64 Å². The van der Waals surface area contributed by atoms with Crippen LogP contribution in [-0.2, 0) is 4.74 Å². The summed E-state index contributed by atoms with van der Waals surface area (Å²) in [5.74, 6) is 0. The van der Waals surface area contributed by atoms with Gasteiger partial charge in [-0.15, -0.1) is 0 Å². The first-order chi connectivity index (χ1) is 8.01. The Morgan fingerprint density at radius 2 is 1.78 bits per heavy atom. The number of hydrogen-bond acceptors (Lipinski definition) is 3. The Labute approximate surface area is 110 Å². The SMILES string of the molecule is CC(C)(C)OC(=O)N1CC(CC#N)(C(C)(C)C)C1. The third-order valence-electron chi connectivity index (χ3n) is 3.65. The van der Waals surface area contributed by atoms with E-state index in [-0.39, 0.29) is 16.9 Å². The number of nitriles is 1. The van der Waals surface area contributed by atoms with E-state index in [0.717, 1.165) is 0 Å². The largest absolute Gasteiger partial charge is 0.444 e. The Kier molecular flexibility index (Phi) is 3.67. The molecule has 0 aromatic rings. The molecule has 1 amide bonds. The van der Waals surface area contributed by atoms with E-state index < -0.39 is 5.60 Å². The lowest BCUT2D eigenvalue weighted by molar-refractivity contribution is -0.0814. The maximum Gasteiger partial charge on any atom is 0.410 e. The molecular formula is C14H24N2O2. The van der Waals surface area contributed by atoms with Crippen molar-refractivity contribution < 1.29 is 9.53 Å². The monoisotopic (exact) mass is 252 g/mol. The van der Waals surface area contributed by atoms with Gasteiger partial charge in [-0.05, 0) is 26.2 Å². The van der Waals surface area contributed by atoms with Crippen molar-refractivity contribution in [3.63, 3.8) is 0 Å². The van der Waals surface area contributed by atoms with Crippen LogP contribution in [-0.4, -0.2) is 29.7 Å². The van der Waals surface area contributed by atoms with E-state index in [9.17, 15) is 4.79 Å². The van der Waals surface area contributed by atoms with Gasteiger partial charge in [0.05, 0.1) is 6.07 Å². The highest BCUT2D eigenvalue weighted by atomic mass is 16.6. The second kappa shape index (κ2) is 4.46. The second-order valence-electron chi connectivity index (χ2n) is 7.20. The molecular weight excluding hydrogens is 228 g/mol. The van der Waals surface area contributed by atoms with Crippen LogP contribution in [0.15, 0.2) is 0 Å². The quantitative estimate of drug-likeness (QED) is 0.720. The van der Waals surface area contributed by atoms with Crippen molar-refractivity contribution >= 4 is 6.09 Å². The zero-order chi connectivity index (χ0) is 14.2. The molecule has 0 atom stereocenters. The van der Waals surface area contributed by atoms with Gasteiger partial charge in [-0.1, -0.05) is 20.8 Å². The van der Waals surface area contributed by atoms with Crippen LogP contribution in [0.3, 0.4) is 0 Å². The Hall–Kier alpha value is -1.24. The fraction of sp³-hybridized carbons (Fsp3) is 0.857. The first kappa shape index (κ1) is 14.8. The topological polar surface area (TPSA) is 53.3 Å². The van der Waals surface area contributed by atoms with Crippen LogP contribution in [0.4, 0.5) is 4.79 Å². The molecule has 4 nitrogen and oxygen atoms in total. The molecule has 0 spiro atoms. The molecule has 0 bridgehead atoms. The molecule has 0 aromatic heterocycles. The average molecular weight is 252 g/mol. The minimum atomic E-state index is -0.466. The van der Waals surface area contributed by atoms with Crippen molar-refractivity contribution in [3.8, 4) is 6.07 Å². The van der Waals surface area contributed by atoms with Crippen LogP contribution in [0.2, 0.25) is 0 Å². The van der Waals surface area contributed by atoms with Gasteiger partial charge in [-0.3, -0.25) is 0 Å². The molecule has 0 radical (unpaired) electrons. The van der Waals surface area contributed by atoms with E-state index in [1.165, 1.54) is 0 Å². The number of nitrogens with zero attached hydrogens (tertiary/aromatic N) is 2. The lowest BCUT2D eigenvalue weighted by Crippen LogP contribution is -2.64. The lowest BCUT2D eigenvalue weighted by Gasteiger charge is -2.56. The highest BCUT2D eigenvalue weighted by Gasteiger charge is 2.53. The average Bonchev–Trinajstić information content (AvgIpc) is 2.04. The summed E-state index contributed by atoms with van der Waals surface area (Å²) >= 11 is 0. The van der Waals surface area contributed by atoms with Gasteiger partial charge in [-0.25, -0.2) is 4.79 Å².